The number of rotatable bonds is 6. The van der Waals surface area contributed by atoms with Crippen LogP contribution in [0.25, 0.3) is 0 Å². The standard InChI is InChI=1S/C19H30N2O3S/c1-2-3-7-14-25(23,24)21-12-10-19(11-13-21)15-17(20-18(19)22)16-8-5-4-6-9-16/h2,15-16H,1,3-14H2,(H,20,22). The van der Waals surface area contributed by atoms with Gasteiger partial charge in [-0.1, -0.05) is 25.3 Å². The molecule has 5 nitrogen and oxygen atoms in total. The first-order chi connectivity index (χ1) is 12.0. The van der Waals surface area contributed by atoms with Gasteiger partial charge in [-0.05, 0) is 50.5 Å². The lowest BCUT2D eigenvalue weighted by atomic mass is 9.78. The van der Waals surface area contributed by atoms with Crippen LogP contribution in [0.4, 0.5) is 0 Å². The fourth-order valence-electron chi connectivity index (χ4n) is 4.36. The highest BCUT2D eigenvalue weighted by Gasteiger charge is 2.46. The van der Waals surface area contributed by atoms with E-state index < -0.39 is 15.4 Å². The maximum atomic E-state index is 12.6. The van der Waals surface area contributed by atoms with Gasteiger partial charge in [0.2, 0.25) is 15.9 Å². The number of piperidine rings is 1. The third kappa shape index (κ3) is 4.00. The van der Waals surface area contributed by atoms with Crippen LogP contribution in [0.2, 0.25) is 0 Å². The minimum Gasteiger partial charge on any atom is -0.329 e. The number of nitrogens with one attached hydrogen (secondary N) is 1. The molecule has 2 heterocycles. The van der Waals surface area contributed by atoms with Crippen LogP contribution >= 0.6 is 0 Å². The summed E-state index contributed by atoms with van der Waals surface area (Å²) in [6, 6.07) is 0. The van der Waals surface area contributed by atoms with Gasteiger partial charge in [0, 0.05) is 18.8 Å². The molecule has 1 amide bonds. The van der Waals surface area contributed by atoms with E-state index in [0.717, 1.165) is 18.5 Å². The van der Waals surface area contributed by atoms with Gasteiger partial charge in [0.1, 0.15) is 0 Å². The van der Waals surface area contributed by atoms with Gasteiger partial charge in [-0.15, -0.1) is 6.58 Å². The van der Waals surface area contributed by atoms with Crippen LogP contribution in [0.15, 0.2) is 24.4 Å². The minimum absolute atomic E-state index is 0.0804. The number of carbonyl (C=O) groups excluding carboxylic acids is 1. The van der Waals surface area contributed by atoms with Crippen molar-refractivity contribution in [2.45, 2.75) is 57.8 Å². The van der Waals surface area contributed by atoms with E-state index in [1.807, 2.05) is 0 Å². The summed E-state index contributed by atoms with van der Waals surface area (Å²) in [6.45, 7) is 4.52. The Morgan fingerprint density at radius 3 is 2.56 bits per heavy atom. The van der Waals surface area contributed by atoms with Gasteiger partial charge >= 0.3 is 0 Å². The van der Waals surface area contributed by atoms with Gasteiger partial charge in [-0.25, -0.2) is 12.7 Å². The van der Waals surface area contributed by atoms with Crippen LogP contribution < -0.4 is 5.32 Å². The molecule has 6 heteroatoms. The first kappa shape index (κ1) is 18.6. The number of unbranched alkanes of at least 4 members (excludes halogenated alkanes) is 1. The van der Waals surface area contributed by atoms with Gasteiger partial charge in [0.25, 0.3) is 0 Å². The van der Waals surface area contributed by atoms with Crippen LogP contribution in [0, 0.1) is 11.3 Å². The normalized spacial score (nSPS) is 25.0. The SMILES string of the molecule is C=CCCCS(=O)(=O)N1CCC2(C=C(C3CCCCC3)NC2=O)CC1. The van der Waals surface area contributed by atoms with Gasteiger partial charge in [0.15, 0.2) is 0 Å². The molecular weight excluding hydrogens is 336 g/mol. The van der Waals surface area contributed by atoms with Gasteiger partial charge in [-0.2, -0.15) is 0 Å². The number of hydrogen-bond acceptors (Lipinski definition) is 3. The topological polar surface area (TPSA) is 66.5 Å². The Morgan fingerprint density at radius 1 is 1.24 bits per heavy atom. The summed E-state index contributed by atoms with van der Waals surface area (Å²) in [5.74, 6) is 0.732. The molecular formula is C19H30N2O3S. The minimum atomic E-state index is -3.22. The second kappa shape index (κ2) is 7.62. The smallest absolute Gasteiger partial charge is 0.234 e. The number of carbonyl (C=O) groups is 1. The van der Waals surface area contributed by atoms with Crippen molar-refractivity contribution in [1.29, 1.82) is 0 Å². The molecule has 0 aromatic rings. The van der Waals surface area contributed by atoms with E-state index in [9.17, 15) is 13.2 Å². The summed E-state index contributed by atoms with van der Waals surface area (Å²) in [6.07, 6.45) is 12.5. The Bertz CT molecular complexity index is 640. The van der Waals surface area contributed by atoms with Crippen LogP contribution in [-0.2, 0) is 14.8 Å². The van der Waals surface area contributed by atoms with E-state index in [4.69, 9.17) is 0 Å². The van der Waals surface area contributed by atoms with Crippen LogP contribution in [-0.4, -0.2) is 37.5 Å². The van der Waals surface area contributed by atoms with E-state index in [-0.39, 0.29) is 11.7 Å². The fourth-order valence-corrected chi connectivity index (χ4v) is 5.89. The molecule has 2 aliphatic heterocycles. The molecule has 2 fully saturated rings. The second-order valence-corrected chi connectivity index (χ2v) is 9.78. The summed E-state index contributed by atoms with van der Waals surface area (Å²) in [5.41, 5.74) is 0.618. The van der Waals surface area contributed by atoms with Crippen molar-refractivity contribution < 1.29 is 13.2 Å². The maximum Gasteiger partial charge on any atom is 0.234 e. The zero-order valence-electron chi connectivity index (χ0n) is 15.0. The van der Waals surface area contributed by atoms with E-state index in [1.165, 1.54) is 19.3 Å². The molecule has 0 aromatic heterocycles. The predicted octanol–water partition coefficient (Wildman–Crippen LogP) is 2.96. The Labute approximate surface area is 151 Å². The highest BCUT2D eigenvalue weighted by Crippen LogP contribution is 2.42. The van der Waals surface area contributed by atoms with E-state index in [1.54, 1.807) is 10.4 Å². The molecule has 3 aliphatic rings. The van der Waals surface area contributed by atoms with E-state index >= 15 is 0 Å². The summed E-state index contributed by atoms with van der Waals surface area (Å²) in [4.78, 5) is 12.6. The lowest BCUT2D eigenvalue weighted by molar-refractivity contribution is -0.128. The molecule has 1 saturated heterocycles. The molecule has 1 spiro atoms. The van der Waals surface area contributed by atoms with Crippen molar-refractivity contribution in [3.63, 3.8) is 0 Å². The van der Waals surface area contributed by atoms with Crippen molar-refractivity contribution in [2.24, 2.45) is 11.3 Å². The number of sulfonamides is 1. The van der Waals surface area contributed by atoms with Gasteiger partial charge in [0.05, 0.1) is 11.2 Å². The highest BCUT2D eigenvalue weighted by atomic mass is 32.2. The van der Waals surface area contributed by atoms with E-state index in [2.05, 4.69) is 18.0 Å². The monoisotopic (exact) mass is 366 g/mol. The third-order valence-corrected chi connectivity index (χ3v) is 7.96. The maximum absolute atomic E-state index is 12.6. The Balaban J connectivity index is 1.63. The number of amides is 1. The molecule has 1 N–H and O–H groups in total. The molecule has 140 valence electrons. The van der Waals surface area contributed by atoms with Crippen molar-refractivity contribution in [3.05, 3.63) is 24.4 Å². The van der Waals surface area contributed by atoms with Crippen LogP contribution in [0.3, 0.4) is 0 Å². The number of hydrogen-bond donors (Lipinski definition) is 1. The number of allylic oxidation sites excluding steroid dienone is 2. The molecule has 0 atom stereocenters. The van der Waals surface area contributed by atoms with Crippen molar-refractivity contribution in [2.75, 3.05) is 18.8 Å². The zero-order valence-corrected chi connectivity index (χ0v) is 15.8. The molecule has 1 aliphatic carbocycles. The van der Waals surface area contributed by atoms with Gasteiger partial charge < -0.3 is 5.32 Å². The molecule has 1 saturated carbocycles. The first-order valence-corrected chi connectivity index (χ1v) is 11.2. The number of nitrogens with zero attached hydrogens (tertiary/aromatic N) is 1. The third-order valence-electron chi connectivity index (χ3n) is 6.01. The Hall–Kier alpha value is -1.14. The molecule has 0 bridgehead atoms. The van der Waals surface area contributed by atoms with Crippen LogP contribution in [0.5, 0.6) is 0 Å². The lowest BCUT2D eigenvalue weighted by Gasteiger charge is -2.35. The Kier molecular flexibility index (Phi) is 5.68. The average molecular weight is 367 g/mol. The molecule has 25 heavy (non-hydrogen) atoms. The summed E-state index contributed by atoms with van der Waals surface area (Å²) >= 11 is 0. The van der Waals surface area contributed by atoms with Crippen LogP contribution in [0.1, 0.15) is 57.8 Å². The largest absolute Gasteiger partial charge is 0.329 e. The van der Waals surface area contributed by atoms with Crippen molar-refractivity contribution >= 4 is 15.9 Å². The van der Waals surface area contributed by atoms with Crippen molar-refractivity contribution in [1.82, 2.24) is 9.62 Å². The van der Waals surface area contributed by atoms with Crippen molar-refractivity contribution in [3.8, 4) is 0 Å². The molecule has 0 unspecified atom stereocenters. The lowest BCUT2D eigenvalue weighted by Crippen LogP contribution is -2.46. The first-order valence-electron chi connectivity index (χ1n) is 9.60. The summed E-state index contributed by atoms with van der Waals surface area (Å²) in [5, 5.41) is 3.12. The quantitative estimate of drug-likeness (QED) is 0.580. The molecule has 0 radical (unpaired) electrons. The van der Waals surface area contributed by atoms with Gasteiger partial charge in [-0.3, -0.25) is 4.79 Å². The zero-order chi connectivity index (χ0) is 17.9. The Morgan fingerprint density at radius 2 is 1.92 bits per heavy atom. The second-order valence-electron chi connectivity index (χ2n) is 7.69. The molecule has 0 aromatic carbocycles. The molecule has 3 rings (SSSR count). The summed E-state index contributed by atoms with van der Waals surface area (Å²) < 4.78 is 26.4. The predicted molar refractivity (Wildman–Crippen MR) is 99.3 cm³/mol. The fraction of sp³-hybridized carbons (Fsp3) is 0.737. The highest BCUT2D eigenvalue weighted by molar-refractivity contribution is 7.89. The van der Waals surface area contributed by atoms with E-state index in [0.29, 0.717) is 44.7 Å². The summed E-state index contributed by atoms with van der Waals surface area (Å²) in [7, 11) is -3.22. The average Bonchev–Trinajstić information content (AvgIpc) is 2.93.